The van der Waals surface area contributed by atoms with E-state index in [4.69, 9.17) is 0 Å². The number of aliphatic hydroxyl groups excluding tert-OH is 1. The van der Waals surface area contributed by atoms with Crippen LogP contribution < -0.4 is 0 Å². The number of aromatic nitrogens is 2. The third kappa shape index (κ3) is 3.20. The van der Waals surface area contributed by atoms with Crippen LogP contribution in [0.2, 0.25) is 0 Å². The third-order valence-electron chi connectivity index (χ3n) is 4.30. The van der Waals surface area contributed by atoms with Crippen molar-refractivity contribution < 1.29 is 9.90 Å². The zero-order valence-corrected chi connectivity index (χ0v) is 12.6. The molecule has 1 aliphatic rings. The molecule has 0 aliphatic carbocycles. The van der Waals surface area contributed by atoms with Crippen molar-refractivity contribution in [3.63, 3.8) is 0 Å². The molecule has 2 atom stereocenters. The maximum atomic E-state index is 12.5. The third-order valence-corrected chi connectivity index (χ3v) is 4.30. The van der Waals surface area contributed by atoms with Crippen LogP contribution >= 0.6 is 0 Å². The highest BCUT2D eigenvalue weighted by molar-refractivity contribution is 5.79. The maximum Gasteiger partial charge on any atom is 0.225 e. The van der Waals surface area contributed by atoms with E-state index < -0.39 is 0 Å². The second-order valence-corrected chi connectivity index (χ2v) is 5.99. The molecule has 0 radical (unpaired) electrons. The van der Waals surface area contributed by atoms with Crippen molar-refractivity contribution in [1.29, 1.82) is 0 Å². The lowest BCUT2D eigenvalue weighted by molar-refractivity contribution is -0.137. The van der Waals surface area contributed by atoms with Crippen LogP contribution in [0.4, 0.5) is 0 Å². The standard InChI is InChI=1S/C15H25N3O2/c1-10(7-14-11(2)16-17-12(14)3)15(20)18-6-4-5-13(8-18)9-19/h10,13,19H,4-9H2,1-3H3,(H,16,17). The van der Waals surface area contributed by atoms with Gasteiger partial charge >= 0.3 is 0 Å². The quantitative estimate of drug-likeness (QED) is 0.876. The van der Waals surface area contributed by atoms with Gasteiger partial charge in [-0.1, -0.05) is 6.92 Å². The van der Waals surface area contributed by atoms with Gasteiger partial charge in [-0.25, -0.2) is 0 Å². The number of nitrogens with zero attached hydrogens (tertiary/aromatic N) is 2. The number of aromatic amines is 1. The predicted octanol–water partition coefficient (Wildman–Crippen LogP) is 1.44. The van der Waals surface area contributed by atoms with E-state index in [1.165, 1.54) is 0 Å². The Balaban J connectivity index is 1.98. The summed E-state index contributed by atoms with van der Waals surface area (Å²) in [6.07, 6.45) is 2.75. The van der Waals surface area contributed by atoms with Gasteiger partial charge in [0.1, 0.15) is 0 Å². The molecule has 0 saturated carbocycles. The first-order valence-electron chi connectivity index (χ1n) is 7.43. The minimum atomic E-state index is -0.0394. The van der Waals surface area contributed by atoms with Gasteiger partial charge in [-0.05, 0) is 44.6 Å². The molecular formula is C15H25N3O2. The first kappa shape index (κ1) is 15.0. The molecular weight excluding hydrogens is 254 g/mol. The molecule has 1 amide bonds. The summed E-state index contributed by atoms with van der Waals surface area (Å²) in [4.78, 5) is 14.4. The second kappa shape index (κ2) is 6.39. The van der Waals surface area contributed by atoms with Crippen LogP contribution in [0.3, 0.4) is 0 Å². The van der Waals surface area contributed by atoms with Gasteiger partial charge in [-0.2, -0.15) is 5.10 Å². The average Bonchev–Trinajstić information content (AvgIpc) is 2.78. The molecule has 5 heteroatoms. The number of piperidine rings is 1. The summed E-state index contributed by atoms with van der Waals surface area (Å²) < 4.78 is 0. The van der Waals surface area contributed by atoms with Gasteiger partial charge < -0.3 is 10.0 Å². The lowest BCUT2D eigenvalue weighted by Crippen LogP contribution is -2.43. The number of hydrogen-bond acceptors (Lipinski definition) is 3. The van der Waals surface area contributed by atoms with Crippen molar-refractivity contribution in [2.75, 3.05) is 19.7 Å². The zero-order chi connectivity index (χ0) is 14.7. The Morgan fingerprint density at radius 3 is 2.90 bits per heavy atom. The van der Waals surface area contributed by atoms with Crippen LogP contribution in [0.25, 0.3) is 0 Å². The smallest absolute Gasteiger partial charge is 0.225 e. The molecule has 2 heterocycles. The van der Waals surface area contributed by atoms with Crippen LogP contribution in [0.5, 0.6) is 0 Å². The summed E-state index contributed by atoms with van der Waals surface area (Å²) in [5.74, 6) is 0.405. The van der Waals surface area contributed by atoms with Gasteiger partial charge in [0.05, 0.1) is 5.69 Å². The van der Waals surface area contributed by atoms with Gasteiger partial charge in [-0.15, -0.1) is 0 Å². The van der Waals surface area contributed by atoms with Crippen molar-refractivity contribution in [3.05, 3.63) is 17.0 Å². The lowest BCUT2D eigenvalue weighted by atomic mass is 9.94. The molecule has 2 unspecified atom stereocenters. The number of likely N-dealkylation sites (tertiary alicyclic amines) is 1. The molecule has 20 heavy (non-hydrogen) atoms. The number of aryl methyl sites for hydroxylation is 2. The zero-order valence-electron chi connectivity index (χ0n) is 12.6. The van der Waals surface area contributed by atoms with Crippen molar-refractivity contribution in [2.24, 2.45) is 11.8 Å². The van der Waals surface area contributed by atoms with E-state index in [-0.39, 0.29) is 24.3 Å². The molecule has 2 N–H and O–H groups in total. The Kier molecular flexibility index (Phi) is 4.81. The SMILES string of the molecule is Cc1n[nH]c(C)c1CC(C)C(=O)N1CCCC(CO)C1. The molecule has 0 spiro atoms. The van der Waals surface area contributed by atoms with Crippen molar-refractivity contribution in [1.82, 2.24) is 15.1 Å². The first-order valence-corrected chi connectivity index (χ1v) is 7.43. The summed E-state index contributed by atoms with van der Waals surface area (Å²) >= 11 is 0. The highest BCUT2D eigenvalue weighted by atomic mass is 16.3. The minimum absolute atomic E-state index is 0.0394. The molecule has 112 valence electrons. The number of nitrogens with one attached hydrogen (secondary N) is 1. The highest BCUT2D eigenvalue weighted by Gasteiger charge is 2.27. The largest absolute Gasteiger partial charge is 0.396 e. The molecule has 1 aromatic rings. The Hall–Kier alpha value is -1.36. The van der Waals surface area contributed by atoms with Crippen LogP contribution in [-0.4, -0.2) is 45.8 Å². The Morgan fingerprint density at radius 1 is 1.55 bits per heavy atom. The molecule has 5 nitrogen and oxygen atoms in total. The number of H-pyrrole nitrogens is 1. The van der Waals surface area contributed by atoms with Crippen LogP contribution in [0.15, 0.2) is 0 Å². The van der Waals surface area contributed by atoms with Crippen LogP contribution in [0, 0.1) is 25.7 Å². The molecule has 1 aliphatic heterocycles. The van der Waals surface area contributed by atoms with Gasteiger partial charge in [-0.3, -0.25) is 9.89 Å². The van der Waals surface area contributed by atoms with Crippen LogP contribution in [0.1, 0.15) is 36.7 Å². The summed E-state index contributed by atoms with van der Waals surface area (Å²) in [6.45, 7) is 7.65. The van der Waals surface area contributed by atoms with E-state index >= 15 is 0 Å². The van der Waals surface area contributed by atoms with Crippen molar-refractivity contribution in [2.45, 2.75) is 40.0 Å². The minimum Gasteiger partial charge on any atom is -0.396 e. The van der Waals surface area contributed by atoms with E-state index in [9.17, 15) is 9.90 Å². The van der Waals surface area contributed by atoms with Gasteiger partial charge in [0.25, 0.3) is 0 Å². The fraction of sp³-hybridized carbons (Fsp3) is 0.733. The number of carbonyl (C=O) groups excluding carboxylic acids is 1. The van der Waals surface area contributed by atoms with Gasteiger partial charge in [0.2, 0.25) is 5.91 Å². The number of aliphatic hydroxyl groups is 1. The monoisotopic (exact) mass is 279 g/mol. The average molecular weight is 279 g/mol. The summed E-state index contributed by atoms with van der Waals surface area (Å²) in [5.41, 5.74) is 3.18. The summed E-state index contributed by atoms with van der Waals surface area (Å²) in [7, 11) is 0. The number of rotatable bonds is 4. The van der Waals surface area contributed by atoms with Gasteiger partial charge in [0, 0.05) is 31.3 Å². The second-order valence-electron chi connectivity index (χ2n) is 5.99. The normalized spacial score (nSPS) is 21.0. The Bertz CT molecular complexity index is 450. The van der Waals surface area contributed by atoms with Crippen molar-refractivity contribution in [3.8, 4) is 0 Å². The fourth-order valence-corrected chi connectivity index (χ4v) is 2.99. The number of carbonyl (C=O) groups is 1. The Morgan fingerprint density at radius 2 is 2.30 bits per heavy atom. The van der Waals surface area contributed by atoms with E-state index in [1.54, 1.807) is 0 Å². The molecule has 2 rings (SSSR count). The van der Waals surface area contributed by atoms with E-state index in [2.05, 4.69) is 10.2 Å². The number of amides is 1. The molecule has 1 aromatic heterocycles. The maximum absolute atomic E-state index is 12.5. The topological polar surface area (TPSA) is 69.2 Å². The molecule has 0 aromatic carbocycles. The molecule has 1 fully saturated rings. The molecule has 0 bridgehead atoms. The fourth-order valence-electron chi connectivity index (χ4n) is 2.99. The highest BCUT2D eigenvalue weighted by Crippen LogP contribution is 2.21. The summed E-state index contributed by atoms with van der Waals surface area (Å²) in [6, 6.07) is 0. The summed E-state index contributed by atoms with van der Waals surface area (Å²) in [5, 5.41) is 16.4. The van der Waals surface area contributed by atoms with E-state index in [1.807, 2.05) is 25.7 Å². The first-order chi connectivity index (χ1) is 9.52. The lowest BCUT2D eigenvalue weighted by Gasteiger charge is -2.33. The predicted molar refractivity (Wildman–Crippen MR) is 77.3 cm³/mol. The molecule has 1 saturated heterocycles. The van der Waals surface area contributed by atoms with E-state index in [0.29, 0.717) is 6.54 Å². The van der Waals surface area contributed by atoms with Crippen molar-refractivity contribution >= 4 is 5.91 Å². The van der Waals surface area contributed by atoms with Gasteiger partial charge in [0.15, 0.2) is 0 Å². The van der Waals surface area contributed by atoms with Crippen LogP contribution in [-0.2, 0) is 11.2 Å². The van der Waals surface area contributed by atoms with E-state index in [0.717, 1.165) is 42.8 Å². The Labute approximate surface area is 120 Å². The number of hydrogen-bond donors (Lipinski definition) is 2.